The third-order valence-electron chi connectivity index (χ3n) is 2.77. The topological polar surface area (TPSA) is 0 Å². The van der Waals surface area contributed by atoms with Crippen molar-refractivity contribution >= 4 is 0 Å². The summed E-state index contributed by atoms with van der Waals surface area (Å²) >= 11 is 0. The molecule has 0 aromatic carbocycles. The molecule has 0 aliphatic heterocycles. The number of fused-ring (bicyclic) bond motifs is 2. The molecule has 0 spiro atoms. The van der Waals surface area contributed by atoms with Gasteiger partial charge in [0.2, 0.25) is 0 Å². The van der Waals surface area contributed by atoms with E-state index in [0.717, 1.165) is 17.8 Å². The summed E-state index contributed by atoms with van der Waals surface area (Å²) in [7, 11) is 0. The zero-order valence-electron chi connectivity index (χ0n) is 6.46. The van der Waals surface area contributed by atoms with Crippen LogP contribution < -0.4 is 0 Å². The summed E-state index contributed by atoms with van der Waals surface area (Å²) in [5.41, 5.74) is 0. The summed E-state index contributed by atoms with van der Waals surface area (Å²) in [5, 5.41) is 0. The quantitative estimate of drug-likeness (QED) is 0.484. The minimum atomic E-state index is 0.875. The Labute approximate surface area is 62.6 Å². The third-order valence-corrected chi connectivity index (χ3v) is 2.77. The predicted molar refractivity (Wildman–Crippen MR) is 43.7 cm³/mol. The maximum atomic E-state index is 2.40. The highest BCUT2D eigenvalue weighted by atomic mass is 14.4. The van der Waals surface area contributed by atoms with E-state index in [1.807, 2.05) is 0 Å². The fourth-order valence-electron chi connectivity index (χ4n) is 2.29. The van der Waals surface area contributed by atoms with E-state index < -0.39 is 0 Å². The van der Waals surface area contributed by atoms with Crippen LogP contribution in [0.4, 0.5) is 0 Å². The van der Waals surface area contributed by atoms with Gasteiger partial charge in [-0.15, -0.1) is 0 Å². The molecular weight excluding hydrogens is 120 g/mol. The normalized spacial score (nSPS) is 43.9. The Morgan fingerprint density at radius 2 is 2.20 bits per heavy atom. The molecule has 2 rings (SSSR count). The molecule has 0 heterocycles. The molecular formula is C10H14. The third kappa shape index (κ3) is 0.828. The molecule has 0 unspecified atom stereocenters. The van der Waals surface area contributed by atoms with Crippen molar-refractivity contribution in [3.8, 4) is 0 Å². The first-order chi connectivity index (χ1) is 4.90. The van der Waals surface area contributed by atoms with Crippen molar-refractivity contribution in [3.63, 3.8) is 0 Å². The number of rotatable bonds is 1. The lowest BCUT2D eigenvalue weighted by Crippen LogP contribution is -2.02. The molecule has 2 aliphatic carbocycles. The molecule has 0 heteroatoms. The van der Waals surface area contributed by atoms with Gasteiger partial charge in [0.15, 0.2) is 0 Å². The van der Waals surface area contributed by atoms with Gasteiger partial charge >= 0.3 is 0 Å². The first kappa shape index (κ1) is 6.21. The molecule has 2 bridgehead atoms. The van der Waals surface area contributed by atoms with Crippen LogP contribution in [0.1, 0.15) is 19.8 Å². The van der Waals surface area contributed by atoms with Crippen LogP contribution in [0.3, 0.4) is 0 Å². The molecule has 0 nitrogen and oxygen atoms in total. The molecule has 0 amide bonds. The molecule has 0 N–H and O–H groups in total. The van der Waals surface area contributed by atoms with Gasteiger partial charge in [0, 0.05) is 0 Å². The average molecular weight is 134 g/mol. The summed E-state index contributed by atoms with van der Waals surface area (Å²) in [6.45, 7) is 2.12. The van der Waals surface area contributed by atoms with Crippen LogP contribution in [0.15, 0.2) is 24.3 Å². The van der Waals surface area contributed by atoms with Gasteiger partial charge in [0.25, 0.3) is 0 Å². The molecule has 0 saturated heterocycles. The van der Waals surface area contributed by atoms with Crippen LogP contribution >= 0.6 is 0 Å². The van der Waals surface area contributed by atoms with Crippen molar-refractivity contribution in [2.75, 3.05) is 0 Å². The SMILES string of the molecule is C/C=C/[C@H]1C[C@H]2C=C[C@@H]1C2. The molecule has 2 aliphatic rings. The van der Waals surface area contributed by atoms with Gasteiger partial charge in [-0.1, -0.05) is 24.3 Å². The highest BCUT2D eigenvalue weighted by Crippen LogP contribution is 2.43. The summed E-state index contributed by atoms with van der Waals surface area (Å²) in [6, 6.07) is 0. The number of hydrogen-bond donors (Lipinski definition) is 0. The lowest BCUT2D eigenvalue weighted by molar-refractivity contribution is 0.549. The second kappa shape index (κ2) is 2.26. The Hall–Kier alpha value is -0.520. The van der Waals surface area contributed by atoms with E-state index in [1.165, 1.54) is 12.8 Å². The Morgan fingerprint density at radius 1 is 1.30 bits per heavy atom. The predicted octanol–water partition coefficient (Wildman–Crippen LogP) is 2.77. The molecule has 0 aromatic heterocycles. The zero-order valence-corrected chi connectivity index (χ0v) is 6.46. The monoisotopic (exact) mass is 134 g/mol. The van der Waals surface area contributed by atoms with Crippen molar-refractivity contribution in [3.05, 3.63) is 24.3 Å². The van der Waals surface area contributed by atoms with E-state index in [1.54, 1.807) is 0 Å². The Balaban J connectivity index is 2.09. The van der Waals surface area contributed by atoms with E-state index in [4.69, 9.17) is 0 Å². The van der Waals surface area contributed by atoms with Crippen LogP contribution in [-0.2, 0) is 0 Å². The van der Waals surface area contributed by atoms with Crippen LogP contribution in [0.25, 0.3) is 0 Å². The molecule has 0 aromatic rings. The highest BCUT2D eigenvalue weighted by Gasteiger charge is 2.33. The molecule has 1 saturated carbocycles. The van der Waals surface area contributed by atoms with Crippen molar-refractivity contribution in [2.45, 2.75) is 19.8 Å². The van der Waals surface area contributed by atoms with Gasteiger partial charge < -0.3 is 0 Å². The van der Waals surface area contributed by atoms with Crippen LogP contribution in [0.5, 0.6) is 0 Å². The largest absolute Gasteiger partial charge is 0.0914 e. The molecule has 54 valence electrons. The lowest BCUT2D eigenvalue weighted by atomic mass is 9.93. The fraction of sp³-hybridized carbons (Fsp3) is 0.600. The maximum Gasteiger partial charge on any atom is -0.0165 e. The number of hydrogen-bond acceptors (Lipinski definition) is 0. The second-order valence-corrected chi connectivity index (χ2v) is 3.47. The zero-order chi connectivity index (χ0) is 6.97. The van der Waals surface area contributed by atoms with Crippen molar-refractivity contribution in [1.29, 1.82) is 0 Å². The van der Waals surface area contributed by atoms with E-state index in [9.17, 15) is 0 Å². The smallest absolute Gasteiger partial charge is 0.0165 e. The first-order valence-electron chi connectivity index (χ1n) is 4.21. The standard InChI is InChI=1S/C10H14/c1-2-3-9-6-8-4-5-10(9)7-8/h2-5,8-10H,6-7H2,1H3/b3-2+/t8-,9+,10-/m1/s1. The summed E-state index contributed by atoms with van der Waals surface area (Å²) in [5.74, 6) is 2.69. The van der Waals surface area contributed by atoms with Gasteiger partial charge in [0.1, 0.15) is 0 Å². The van der Waals surface area contributed by atoms with Gasteiger partial charge in [-0.05, 0) is 37.5 Å². The Kier molecular flexibility index (Phi) is 1.40. The van der Waals surface area contributed by atoms with Gasteiger partial charge in [0.05, 0.1) is 0 Å². The number of allylic oxidation sites excluding steroid dienone is 4. The maximum absolute atomic E-state index is 2.40. The van der Waals surface area contributed by atoms with Crippen molar-refractivity contribution in [2.24, 2.45) is 17.8 Å². The Morgan fingerprint density at radius 3 is 2.70 bits per heavy atom. The molecule has 10 heavy (non-hydrogen) atoms. The summed E-state index contributed by atoms with van der Waals surface area (Å²) < 4.78 is 0. The molecule has 3 atom stereocenters. The van der Waals surface area contributed by atoms with Gasteiger partial charge in [-0.25, -0.2) is 0 Å². The second-order valence-electron chi connectivity index (χ2n) is 3.47. The van der Waals surface area contributed by atoms with E-state index in [0.29, 0.717) is 0 Å². The van der Waals surface area contributed by atoms with E-state index in [2.05, 4.69) is 31.2 Å². The fourth-order valence-corrected chi connectivity index (χ4v) is 2.29. The lowest BCUT2D eigenvalue weighted by Gasteiger charge is -2.12. The molecule has 1 fully saturated rings. The first-order valence-corrected chi connectivity index (χ1v) is 4.21. The van der Waals surface area contributed by atoms with Crippen LogP contribution in [0.2, 0.25) is 0 Å². The van der Waals surface area contributed by atoms with Crippen molar-refractivity contribution < 1.29 is 0 Å². The average Bonchev–Trinajstić information content (AvgIpc) is 2.48. The van der Waals surface area contributed by atoms with Gasteiger partial charge in [-0.2, -0.15) is 0 Å². The van der Waals surface area contributed by atoms with Gasteiger partial charge in [-0.3, -0.25) is 0 Å². The van der Waals surface area contributed by atoms with Crippen LogP contribution in [-0.4, -0.2) is 0 Å². The van der Waals surface area contributed by atoms with E-state index >= 15 is 0 Å². The van der Waals surface area contributed by atoms with Crippen LogP contribution in [0, 0.1) is 17.8 Å². The summed E-state index contributed by atoms with van der Waals surface area (Å²) in [6.07, 6.45) is 12.2. The minimum absolute atomic E-state index is 0.875. The highest BCUT2D eigenvalue weighted by molar-refractivity contribution is 5.13. The Bertz CT molecular complexity index is 176. The summed E-state index contributed by atoms with van der Waals surface area (Å²) in [4.78, 5) is 0. The molecule has 0 radical (unpaired) electrons. The minimum Gasteiger partial charge on any atom is -0.0914 e. The van der Waals surface area contributed by atoms with E-state index in [-0.39, 0.29) is 0 Å². The van der Waals surface area contributed by atoms with Crippen molar-refractivity contribution in [1.82, 2.24) is 0 Å².